The average molecular weight is 256 g/mol. The standard InChI is InChI=1S/C12H16O6/c1-4-16-7-9(2)18-10(3)8-17-12(15)6-5-11(13)14/h4-7,10H,1,8H2,2-3H3,(H,13,14)/b6-5+,9-7?. The van der Waals surface area contributed by atoms with Crippen LogP contribution in [-0.4, -0.2) is 29.8 Å². The second kappa shape index (κ2) is 8.86. The van der Waals surface area contributed by atoms with Crippen LogP contribution in [0.1, 0.15) is 13.8 Å². The zero-order valence-electron chi connectivity index (χ0n) is 10.3. The molecule has 1 N–H and O–H groups in total. The van der Waals surface area contributed by atoms with E-state index in [4.69, 9.17) is 19.3 Å². The van der Waals surface area contributed by atoms with Gasteiger partial charge in [0, 0.05) is 12.2 Å². The molecule has 1 unspecified atom stereocenters. The Morgan fingerprint density at radius 1 is 1.39 bits per heavy atom. The molecule has 0 aromatic heterocycles. The Kier molecular flexibility index (Phi) is 7.76. The highest BCUT2D eigenvalue weighted by Crippen LogP contribution is 2.03. The minimum atomic E-state index is -1.21. The Labute approximate surface area is 105 Å². The zero-order chi connectivity index (χ0) is 14.0. The predicted molar refractivity (Wildman–Crippen MR) is 63.3 cm³/mol. The van der Waals surface area contributed by atoms with Crippen molar-refractivity contribution in [2.45, 2.75) is 20.0 Å². The summed E-state index contributed by atoms with van der Waals surface area (Å²) in [5.74, 6) is -1.45. The molecule has 0 aliphatic heterocycles. The van der Waals surface area contributed by atoms with Crippen molar-refractivity contribution >= 4 is 11.9 Å². The second-order valence-corrected chi connectivity index (χ2v) is 3.26. The number of hydrogen-bond acceptors (Lipinski definition) is 5. The third-order valence-electron chi connectivity index (χ3n) is 1.54. The molecule has 0 amide bonds. The maximum atomic E-state index is 11.0. The van der Waals surface area contributed by atoms with Crippen molar-refractivity contribution in [3.63, 3.8) is 0 Å². The lowest BCUT2D eigenvalue weighted by atomic mass is 10.4. The lowest BCUT2D eigenvalue weighted by Crippen LogP contribution is -2.17. The van der Waals surface area contributed by atoms with Gasteiger partial charge in [-0.1, -0.05) is 6.58 Å². The van der Waals surface area contributed by atoms with Crippen LogP contribution in [0.5, 0.6) is 0 Å². The molecule has 6 heteroatoms. The van der Waals surface area contributed by atoms with E-state index in [-0.39, 0.29) is 12.7 Å². The number of carbonyl (C=O) groups excluding carboxylic acids is 1. The zero-order valence-corrected chi connectivity index (χ0v) is 10.3. The van der Waals surface area contributed by atoms with Crippen molar-refractivity contribution in [2.75, 3.05) is 6.61 Å². The molecule has 0 aliphatic rings. The Balaban J connectivity index is 3.96. The first kappa shape index (κ1) is 15.8. The van der Waals surface area contributed by atoms with Crippen LogP contribution < -0.4 is 0 Å². The third kappa shape index (κ3) is 9.02. The van der Waals surface area contributed by atoms with Gasteiger partial charge in [0.1, 0.15) is 24.7 Å². The van der Waals surface area contributed by atoms with Crippen molar-refractivity contribution < 1.29 is 28.9 Å². The third-order valence-corrected chi connectivity index (χ3v) is 1.54. The summed E-state index contributed by atoms with van der Waals surface area (Å²) >= 11 is 0. The molecule has 18 heavy (non-hydrogen) atoms. The number of esters is 1. The molecule has 0 fully saturated rings. The van der Waals surface area contributed by atoms with Crippen LogP contribution in [0.4, 0.5) is 0 Å². The molecular weight excluding hydrogens is 240 g/mol. The van der Waals surface area contributed by atoms with Gasteiger partial charge in [0.05, 0.1) is 6.26 Å². The summed E-state index contributed by atoms with van der Waals surface area (Å²) in [6.07, 6.45) is 3.76. The Hall–Kier alpha value is -2.24. The number of aliphatic carboxylic acids is 1. The maximum absolute atomic E-state index is 11.0. The molecule has 1 atom stereocenters. The van der Waals surface area contributed by atoms with E-state index in [0.717, 1.165) is 6.08 Å². The van der Waals surface area contributed by atoms with Crippen molar-refractivity contribution in [3.8, 4) is 0 Å². The molecule has 0 heterocycles. The van der Waals surface area contributed by atoms with Crippen LogP contribution >= 0.6 is 0 Å². The molecule has 0 bridgehead atoms. The summed E-state index contributed by atoms with van der Waals surface area (Å²) in [5.41, 5.74) is 0. The first-order valence-electron chi connectivity index (χ1n) is 5.13. The number of allylic oxidation sites excluding steroid dienone is 1. The molecule has 0 aromatic rings. The molecule has 6 nitrogen and oxygen atoms in total. The molecule has 0 aromatic carbocycles. The molecular formula is C12H16O6. The van der Waals surface area contributed by atoms with Crippen LogP contribution in [0.2, 0.25) is 0 Å². The second-order valence-electron chi connectivity index (χ2n) is 3.26. The van der Waals surface area contributed by atoms with Crippen molar-refractivity contribution in [3.05, 3.63) is 37.0 Å². The van der Waals surface area contributed by atoms with Crippen LogP contribution in [0.25, 0.3) is 0 Å². The molecule has 0 spiro atoms. The Bertz CT molecular complexity index is 356. The van der Waals surface area contributed by atoms with Crippen molar-refractivity contribution in [1.82, 2.24) is 0 Å². The summed E-state index contributed by atoms with van der Waals surface area (Å²) in [7, 11) is 0. The lowest BCUT2D eigenvalue weighted by Gasteiger charge is -2.14. The monoisotopic (exact) mass is 256 g/mol. The quantitative estimate of drug-likeness (QED) is 0.403. The van der Waals surface area contributed by atoms with Gasteiger partial charge in [-0.2, -0.15) is 0 Å². The lowest BCUT2D eigenvalue weighted by molar-refractivity contribution is -0.141. The normalized spacial score (nSPS) is 12.9. The van der Waals surface area contributed by atoms with Crippen molar-refractivity contribution in [2.24, 2.45) is 0 Å². The summed E-state index contributed by atoms with van der Waals surface area (Å²) < 4.78 is 14.8. The average Bonchev–Trinajstić information content (AvgIpc) is 2.31. The maximum Gasteiger partial charge on any atom is 0.331 e. The van der Waals surface area contributed by atoms with Gasteiger partial charge < -0.3 is 19.3 Å². The number of ether oxygens (including phenoxy) is 3. The van der Waals surface area contributed by atoms with Crippen molar-refractivity contribution in [1.29, 1.82) is 0 Å². The number of rotatable bonds is 8. The highest BCUT2D eigenvalue weighted by atomic mass is 16.6. The van der Waals surface area contributed by atoms with Crippen LogP contribution in [0.3, 0.4) is 0 Å². The fourth-order valence-corrected chi connectivity index (χ4v) is 0.910. The first-order valence-corrected chi connectivity index (χ1v) is 5.13. The van der Waals surface area contributed by atoms with Crippen LogP contribution in [0, 0.1) is 0 Å². The van der Waals surface area contributed by atoms with Gasteiger partial charge in [0.25, 0.3) is 0 Å². The highest BCUT2D eigenvalue weighted by molar-refractivity contribution is 5.90. The Morgan fingerprint density at radius 3 is 2.61 bits per heavy atom. The van der Waals surface area contributed by atoms with E-state index in [0.29, 0.717) is 11.8 Å². The van der Waals surface area contributed by atoms with E-state index in [1.165, 1.54) is 12.5 Å². The highest BCUT2D eigenvalue weighted by Gasteiger charge is 2.07. The number of carboxylic acid groups (broad SMARTS) is 1. The SMILES string of the molecule is C=COC=C(C)OC(C)COC(=O)/C=C/C(=O)O. The van der Waals surface area contributed by atoms with E-state index < -0.39 is 11.9 Å². The number of hydrogen-bond donors (Lipinski definition) is 1. The fourth-order valence-electron chi connectivity index (χ4n) is 0.910. The molecule has 0 radical (unpaired) electrons. The van der Waals surface area contributed by atoms with E-state index in [9.17, 15) is 9.59 Å². The first-order chi connectivity index (χ1) is 8.45. The van der Waals surface area contributed by atoms with Crippen LogP contribution in [0.15, 0.2) is 37.0 Å². The minimum absolute atomic E-state index is 0.00205. The van der Waals surface area contributed by atoms with Crippen LogP contribution in [-0.2, 0) is 23.8 Å². The smallest absolute Gasteiger partial charge is 0.331 e. The number of carboxylic acids is 1. The summed E-state index contributed by atoms with van der Waals surface area (Å²) in [5, 5.41) is 8.29. The molecule has 0 saturated carbocycles. The van der Waals surface area contributed by atoms with Gasteiger partial charge >= 0.3 is 11.9 Å². The minimum Gasteiger partial charge on any atom is -0.489 e. The van der Waals surface area contributed by atoms with Gasteiger partial charge in [0.15, 0.2) is 0 Å². The van der Waals surface area contributed by atoms with E-state index >= 15 is 0 Å². The predicted octanol–water partition coefficient (Wildman–Crippen LogP) is 1.60. The van der Waals surface area contributed by atoms with E-state index in [2.05, 4.69) is 6.58 Å². The molecule has 0 aliphatic carbocycles. The summed E-state index contributed by atoms with van der Waals surface area (Å²) in [4.78, 5) is 21.2. The van der Waals surface area contributed by atoms with Gasteiger partial charge in [0.2, 0.25) is 0 Å². The molecule has 0 rings (SSSR count). The topological polar surface area (TPSA) is 82.1 Å². The molecule has 100 valence electrons. The Morgan fingerprint density at radius 2 is 2.06 bits per heavy atom. The largest absolute Gasteiger partial charge is 0.489 e. The summed E-state index contributed by atoms with van der Waals surface area (Å²) in [6, 6.07) is 0. The summed E-state index contributed by atoms with van der Waals surface area (Å²) in [6.45, 7) is 6.73. The fraction of sp³-hybridized carbons (Fsp3) is 0.333. The van der Waals surface area contributed by atoms with Gasteiger partial charge in [-0.3, -0.25) is 0 Å². The van der Waals surface area contributed by atoms with Gasteiger partial charge in [-0.15, -0.1) is 0 Å². The van der Waals surface area contributed by atoms with E-state index in [1.807, 2.05) is 0 Å². The van der Waals surface area contributed by atoms with E-state index in [1.54, 1.807) is 13.8 Å². The van der Waals surface area contributed by atoms with Gasteiger partial charge in [-0.05, 0) is 13.8 Å². The number of carbonyl (C=O) groups is 2. The molecule has 0 saturated heterocycles. The van der Waals surface area contributed by atoms with Gasteiger partial charge in [-0.25, -0.2) is 9.59 Å².